The zero-order valence-corrected chi connectivity index (χ0v) is 10.0. The van der Waals surface area contributed by atoms with Gasteiger partial charge in [0.2, 0.25) is 0 Å². The Bertz CT molecular complexity index is 372. The van der Waals surface area contributed by atoms with Gasteiger partial charge < -0.3 is 14.9 Å². The lowest BCUT2D eigenvalue weighted by Crippen LogP contribution is -2.48. The number of carbonyl (C=O) groups is 1. The van der Waals surface area contributed by atoms with Gasteiger partial charge in [-0.3, -0.25) is 4.79 Å². The molecule has 92 valence electrons. The van der Waals surface area contributed by atoms with Crippen molar-refractivity contribution >= 4 is 5.91 Å². The number of benzene rings is 1. The molecule has 0 radical (unpaired) electrons. The van der Waals surface area contributed by atoms with Crippen LogP contribution in [0, 0.1) is 0 Å². The molecule has 4 heteroatoms. The summed E-state index contributed by atoms with van der Waals surface area (Å²) in [4.78, 5) is 16.0. The van der Waals surface area contributed by atoms with Crippen LogP contribution in [-0.4, -0.2) is 54.0 Å². The minimum atomic E-state index is -1.03. The standard InChI is InChI=1S/C13H18N2O2/c1-14-7-9-15(10-8-14)13(17)12(16)11-5-3-2-4-6-11/h2-6,12,16H,7-10H2,1H3/t12-/m0/s1. The fourth-order valence-corrected chi connectivity index (χ4v) is 1.98. The summed E-state index contributed by atoms with van der Waals surface area (Å²) in [5.41, 5.74) is 0.663. The summed E-state index contributed by atoms with van der Waals surface area (Å²) in [6, 6.07) is 9.08. The number of hydrogen-bond donors (Lipinski definition) is 1. The molecule has 1 aliphatic rings. The van der Waals surface area contributed by atoms with Crippen molar-refractivity contribution in [3.8, 4) is 0 Å². The van der Waals surface area contributed by atoms with Crippen LogP contribution in [0.2, 0.25) is 0 Å². The molecule has 1 aromatic carbocycles. The lowest BCUT2D eigenvalue weighted by Gasteiger charge is -2.33. The number of piperazine rings is 1. The van der Waals surface area contributed by atoms with E-state index in [0.717, 1.165) is 13.1 Å². The van der Waals surface area contributed by atoms with Gasteiger partial charge >= 0.3 is 0 Å². The van der Waals surface area contributed by atoms with Crippen molar-refractivity contribution in [1.82, 2.24) is 9.80 Å². The summed E-state index contributed by atoms with van der Waals surface area (Å²) in [6.07, 6.45) is -1.03. The third-order valence-corrected chi connectivity index (χ3v) is 3.16. The molecule has 1 heterocycles. The first kappa shape index (κ1) is 12.1. The van der Waals surface area contributed by atoms with E-state index in [0.29, 0.717) is 18.7 Å². The number of carbonyl (C=O) groups excluding carboxylic acids is 1. The molecule has 1 aliphatic heterocycles. The van der Waals surface area contributed by atoms with Crippen molar-refractivity contribution in [1.29, 1.82) is 0 Å². The number of aliphatic hydroxyl groups is 1. The number of likely N-dealkylation sites (N-methyl/N-ethyl adjacent to an activating group) is 1. The van der Waals surface area contributed by atoms with Crippen LogP contribution < -0.4 is 0 Å². The van der Waals surface area contributed by atoms with Crippen molar-refractivity contribution < 1.29 is 9.90 Å². The summed E-state index contributed by atoms with van der Waals surface area (Å²) >= 11 is 0. The molecule has 17 heavy (non-hydrogen) atoms. The second-order valence-corrected chi connectivity index (χ2v) is 4.44. The van der Waals surface area contributed by atoms with E-state index in [4.69, 9.17) is 0 Å². The number of aliphatic hydroxyl groups excluding tert-OH is 1. The highest BCUT2D eigenvalue weighted by atomic mass is 16.3. The van der Waals surface area contributed by atoms with Crippen LogP contribution in [0.25, 0.3) is 0 Å². The summed E-state index contributed by atoms with van der Waals surface area (Å²) in [5, 5.41) is 10.0. The van der Waals surface area contributed by atoms with Gasteiger partial charge in [-0.1, -0.05) is 30.3 Å². The normalized spacial score (nSPS) is 19.1. The Kier molecular flexibility index (Phi) is 3.76. The largest absolute Gasteiger partial charge is 0.378 e. The molecule has 0 unspecified atom stereocenters. The Morgan fingerprint density at radius 1 is 1.18 bits per heavy atom. The minimum Gasteiger partial charge on any atom is -0.378 e. The summed E-state index contributed by atoms with van der Waals surface area (Å²) in [6.45, 7) is 3.12. The molecular weight excluding hydrogens is 216 g/mol. The van der Waals surface area contributed by atoms with Gasteiger partial charge in [0, 0.05) is 26.2 Å². The van der Waals surface area contributed by atoms with Crippen molar-refractivity contribution in [2.45, 2.75) is 6.10 Å². The highest BCUT2D eigenvalue weighted by Gasteiger charge is 2.25. The van der Waals surface area contributed by atoms with Crippen molar-refractivity contribution in [2.24, 2.45) is 0 Å². The molecule has 0 bridgehead atoms. The van der Waals surface area contributed by atoms with Crippen LogP contribution in [-0.2, 0) is 4.79 Å². The second-order valence-electron chi connectivity index (χ2n) is 4.44. The van der Waals surface area contributed by atoms with Gasteiger partial charge in [-0.25, -0.2) is 0 Å². The van der Waals surface area contributed by atoms with E-state index in [9.17, 15) is 9.90 Å². The van der Waals surface area contributed by atoms with Crippen LogP contribution in [0.15, 0.2) is 30.3 Å². The highest BCUT2D eigenvalue weighted by molar-refractivity contribution is 5.82. The molecule has 1 N–H and O–H groups in total. The zero-order chi connectivity index (χ0) is 12.3. The first-order valence-electron chi connectivity index (χ1n) is 5.89. The van der Waals surface area contributed by atoms with Crippen LogP contribution in [0.5, 0.6) is 0 Å². The monoisotopic (exact) mass is 234 g/mol. The zero-order valence-electron chi connectivity index (χ0n) is 10.0. The maximum absolute atomic E-state index is 12.1. The third kappa shape index (κ3) is 2.84. The fourth-order valence-electron chi connectivity index (χ4n) is 1.98. The smallest absolute Gasteiger partial charge is 0.256 e. The van der Waals surface area contributed by atoms with Crippen LogP contribution in [0.1, 0.15) is 11.7 Å². The fraction of sp³-hybridized carbons (Fsp3) is 0.462. The van der Waals surface area contributed by atoms with Crippen LogP contribution >= 0.6 is 0 Å². The van der Waals surface area contributed by atoms with E-state index in [1.54, 1.807) is 17.0 Å². The molecule has 4 nitrogen and oxygen atoms in total. The van der Waals surface area contributed by atoms with Gasteiger partial charge in [0.25, 0.3) is 5.91 Å². The molecule has 1 aromatic rings. The Labute approximate surface area is 101 Å². The van der Waals surface area contributed by atoms with Crippen LogP contribution in [0.3, 0.4) is 0 Å². The SMILES string of the molecule is CN1CCN(C(=O)[C@@H](O)c2ccccc2)CC1. The molecule has 0 aromatic heterocycles. The van der Waals surface area contributed by atoms with Crippen molar-refractivity contribution in [3.63, 3.8) is 0 Å². The predicted molar refractivity (Wildman–Crippen MR) is 65.5 cm³/mol. The maximum Gasteiger partial charge on any atom is 0.256 e. The molecule has 2 rings (SSSR count). The Balaban J connectivity index is 2.00. The van der Waals surface area contributed by atoms with E-state index in [-0.39, 0.29) is 5.91 Å². The number of nitrogens with zero attached hydrogens (tertiary/aromatic N) is 2. The molecule has 1 atom stereocenters. The van der Waals surface area contributed by atoms with Crippen molar-refractivity contribution in [3.05, 3.63) is 35.9 Å². The van der Waals surface area contributed by atoms with Gasteiger partial charge in [-0.2, -0.15) is 0 Å². The Morgan fingerprint density at radius 2 is 1.76 bits per heavy atom. The molecule has 1 saturated heterocycles. The van der Waals surface area contributed by atoms with Gasteiger partial charge in [0.05, 0.1) is 0 Å². The van der Waals surface area contributed by atoms with E-state index in [1.807, 2.05) is 25.2 Å². The lowest BCUT2D eigenvalue weighted by molar-refractivity contribution is -0.142. The first-order chi connectivity index (χ1) is 8.18. The van der Waals surface area contributed by atoms with E-state index in [1.165, 1.54) is 0 Å². The number of rotatable bonds is 2. The number of amides is 1. The first-order valence-corrected chi connectivity index (χ1v) is 5.89. The second kappa shape index (κ2) is 5.29. The highest BCUT2D eigenvalue weighted by Crippen LogP contribution is 2.16. The van der Waals surface area contributed by atoms with E-state index in [2.05, 4.69) is 4.90 Å². The Hall–Kier alpha value is -1.39. The average molecular weight is 234 g/mol. The van der Waals surface area contributed by atoms with Gasteiger partial charge in [0.15, 0.2) is 6.10 Å². The summed E-state index contributed by atoms with van der Waals surface area (Å²) < 4.78 is 0. The summed E-state index contributed by atoms with van der Waals surface area (Å²) in [5.74, 6) is -0.190. The molecule has 1 fully saturated rings. The maximum atomic E-state index is 12.1. The molecule has 0 aliphatic carbocycles. The van der Waals surface area contributed by atoms with Crippen molar-refractivity contribution in [2.75, 3.05) is 33.2 Å². The third-order valence-electron chi connectivity index (χ3n) is 3.16. The Morgan fingerprint density at radius 3 is 2.35 bits per heavy atom. The topological polar surface area (TPSA) is 43.8 Å². The lowest BCUT2D eigenvalue weighted by atomic mass is 10.1. The van der Waals surface area contributed by atoms with Gasteiger partial charge in [-0.15, -0.1) is 0 Å². The van der Waals surface area contributed by atoms with Gasteiger partial charge in [-0.05, 0) is 12.6 Å². The number of hydrogen-bond acceptors (Lipinski definition) is 3. The minimum absolute atomic E-state index is 0.190. The van der Waals surface area contributed by atoms with E-state index >= 15 is 0 Å². The van der Waals surface area contributed by atoms with Crippen LogP contribution in [0.4, 0.5) is 0 Å². The van der Waals surface area contributed by atoms with E-state index < -0.39 is 6.10 Å². The quantitative estimate of drug-likeness (QED) is 0.810. The summed E-state index contributed by atoms with van der Waals surface area (Å²) in [7, 11) is 2.04. The molecule has 0 spiro atoms. The molecule has 0 saturated carbocycles. The molecular formula is C13H18N2O2. The average Bonchev–Trinajstić information content (AvgIpc) is 2.39. The molecule has 1 amide bonds. The van der Waals surface area contributed by atoms with Gasteiger partial charge in [0.1, 0.15) is 0 Å². The predicted octanol–water partition coefficient (Wildman–Crippen LogP) is 0.494.